The lowest BCUT2D eigenvalue weighted by Gasteiger charge is -2.06. The highest BCUT2D eigenvalue weighted by Crippen LogP contribution is 2.33. The standard InChI is InChI=1S/C23H14Cl2N2OS/c24-17-8-7-16(19(25)11-17)10-20-26-22(28)21-18(12-29-23(21)27-20)15-6-5-13-3-1-2-4-14(13)9-15/h1-9,11-12H,10H2,(H,26,27,28). The van der Waals surface area contributed by atoms with E-state index in [0.29, 0.717) is 27.7 Å². The zero-order chi connectivity index (χ0) is 20.0. The van der Waals surface area contributed by atoms with Crippen molar-refractivity contribution < 1.29 is 0 Å². The number of thiophene rings is 1. The quantitative estimate of drug-likeness (QED) is 0.341. The van der Waals surface area contributed by atoms with E-state index < -0.39 is 0 Å². The predicted molar refractivity (Wildman–Crippen MR) is 122 cm³/mol. The van der Waals surface area contributed by atoms with Crippen LogP contribution in [0.25, 0.3) is 32.1 Å². The van der Waals surface area contributed by atoms with Crippen molar-refractivity contribution in [1.29, 1.82) is 0 Å². The number of hydrogen-bond donors (Lipinski definition) is 1. The summed E-state index contributed by atoms with van der Waals surface area (Å²) < 4.78 is 0. The molecule has 29 heavy (non-hydrogen) atoms. The van der Waals surface area contributed by atoms with Gasteiger partial charge >= 0.3 is 0 Å². The molecular weight excluding hydrogens is 423 g/mol. The fraction of sp³-hybridized carbons (Fsp3) is 0.0435. The van der Waals surface area contributed by atoms with Gasteiger partial charge in [0.1, 0.15) is 10.7 Å². The van der Waals surface area contributed by atoms with Gasteiger partial charge in [-0.05, 0) is 40.1 Å². The number of H-pyrrole nitrogens is 1. The van der Waals surface area contributed by atoms with E-state index in [1.54, 1.807) is 12.1 Å². The molecular formula is C23H14Cl2N2OS. The van der Waals surface area contributed by atoms with Crippen LogP contribution in [0.2, 0.25) is 10.0 Å². The highest BCUT2D eigenvalue weighted by Gasteiger charge is 2.14. The molecule has 3 aromatic carbocycles. The number of rotatable bonds is 3. The molecule has 0 spiro atoms. The van der Waals surface area contributed by atoms with Crippen molar-refractivity contribution in [1.82, 2.24) is 9.97 Å². The summed E-state index contributed by atoms with van der Waals surface area (Å²) in [5.74, 6) is 0.582. The Hall–Kier alpha value is -2.66. The molecule has 0 atom stereocenters. The van der Waals surface area contributed by atoms with E-state index in [9.17, 15) is 4.79 Å². The van der Waals surface area contributed by atoms with Gasteiger partial charge in [-0.2, -0.15) is 0 Å². The fourth-order valence-corrected chi connectivity index (χ4v) is 4.93. The lowest BCUT2D eigenvalue weighted by Crippen LogP contribution is -2.11. The van der Waals surface area contributed by atoms with Crippen LogP contribution in [0, 0.1) is 0 Å². The van der Waals surface area contributed by atoms with Crippen LogP contribution in [-0.4, -0.2) is 9.97 Å². The van der Waals surface area contributed by atoms with Gasteiger partial charge in [-0.1, -0.05) is 65.7 Å². The molecule has 3 nitrogen and oxygen atoms in total. The molecule has 2 aromatic heterocycles. The van der Waals surface area contributed by atoms with Crippen LogP contribution in [0.1, 0.15) is 11.4 Å². The van der Waals surface area contributed by atoms with Crippen LogP contribution in [-0.2, 0) is 6.42 Å². The minimum Gasteiger partial charge on any atom is -0.310 e. The van der Waals surface area contributed by atoms with Crippen LogP contribution in [0.4, 0.5) is 0 Å². The lowest BCUT2D eigenvalue weighted by atomic mass is 10.0. The van der Waals surface area contributed by atoms with Crippen LogP contribution < -0.4 is 5.56 Å². The number of aromatic amines is 1. The van der Waals surface area contributed by atoms with Gasteiger partial charge in [0.2, 0.25) is 0 Å². The third-order valence-corrected chi connectivity index (χ3v) is 6.39. The van der Waals surface area contributed by atoms with E-state index in [1.807, 2.05) is 29.6 Å². The SMILES string of the molecule is O=c1[nH]c(Cc2ccc(Cl)cc2Cl)nc2scc(-c3ccc4ccccc4c3)c12. The summed E-state index contributed by atoms with van der Waals surface area (Å²) in [5.41, 5.74) is 2.64. The number of fused-ring (bicyclic) bond motifs is 2. The topological polar surface area (TPSA) is 45.8 Å². The first-order valence-corrected chi connectivity index (χ1v) is 10.7. The smallest absolute Gasteiger partial charge is 0.260 e. The summed E-state index contributed by atoms with van der Waals surface area (Å²) in [4.78, 5) is 21.2. The fourth-order valence-electron chi connectivity index (χ4n) is 3.49. The summed E-state index contributed by atoms with van der Waals surface area (Å²) in [6.07, 6.45) is 0.435. The third kappa shape index (κ3) is 3.44. The van der Waals surface area contributed by atoms with Crippen LogP contribution >= 0.6 is 34.5 Å². The van der Waals surface area contributed by atoms with E-state index in [-0.39, 0.29) is 5.56 Å². The Labute approximate surface area is 180 Å². The largest absolute Gasteiger partial charge is 0.310 e. The summed E-state index contributed by atoms with van der Waals surface area (Å²) in [6, 6.07) is 19.7. The van der Waals surface area contributed by atoms with Gasteiger partial charge in [-0.3, -0.25) is 4.79 Å². The average molecular weight is 437 g/mol. The number of benzene rings is 3. The molecule has 2 heterocycles. The van der Waals surface area contributed by atoms with E-state index in [1.165, 1.54) is 16.7 Å². The van der Waals surface area contributed by atoms with Gasteiger partial charge in [0.25, 0.3) is 5.56 Å². The molecule has 0 amide bonds. The second kappa shape index (κ2) is 7.30. The van der Waals surface area contributed by atoms with E-state index in [4.69, 9.17) is 23.2 Å². The molecule has 0 aliphatic carbocycles. The van der Waals surface area contributed by atoms with Crippen molar-refractivity contribution in [2.24, 2.45) is 0 Å². The number of hydrogen-bond acceptors (Lipinski definition) is 3. The number of nitrogens with one attached hydrogen (secondary N) is 1. The van der Waals surface area contributed by atoms with E-state index >= 15 is 0 Å². The molecule has 1 N–H and O–H groups in total. The van der Waals surface area contributed by atoms with Crippen molar-refractivity contribution in [3.63, 3.8) is 0 Å². The molecule has 0 saturated heterocycles. The lowest BCUT2D eigenvalue weighted by molar-refractivity contribution is 0.977. The maximum Gasteiger partial charge on any atom is 0.260 e. The minimum absolute atomic E-state index is 0.139. The normalized spacial score (nSPS) is 11.4. The maximum atomic E-state index is 12.9. The van der Waals surface area contributed by atoms with Gasteiger partial charge in [0.05, 0.1) is 5.39 Å². The Bertz CT molecular complexity index is 1440. The van der Waals surface area contributed by atoms with Crippen LogP contribution in [0.5, 0.6) is 0 Å². The molecule has 6 heteroatoms. The molecule has 0 aliphatic rings. The zero-order valence-corrected chi connectivity index (χ0v) is 17.4. The third-order valence-electron chi connectivity index (χ3n) is 4.93. The number of aromatic nitrogens is 2. The van der Waals surface area contributed by atoms with E-state index in [2.05, 4.69) is 34.2 Å². The van der Waals surface area contributed by atoms with Crippen molar-refractivity contribution in [3.8, 4) is 11.1 Å². The number of nitrogens with zero attached hydrogens (tertiary/aromatic N) is 1. The van der Waals surface area contributed by atoms with Crippen molar-refractivity contribution in [2.75, 3.05) is 0 Å². The Morgan fingerprint density at radius 1 is 0.966 bits per heavy atom. The van der Waals surface area contributed by atoms with E-state index in [0.717, 1.165) is 26.9 Å². The Morgan fingerprint density at radius 2 is 1.79 bits per heavy atom. The molecule has 5 rings (SSSR count). The van der Waals surface area contributed by atoms with Crippen molar-refractivity contribution >= 4 is 55.5 Å². The molecule has 0 saturated carbocycles. The molecule has 0 radical (unpaired) electrons. The van der Waals surface area contributed by atoms with Gasteiger partial charge in [-0.15, -0.1) is 11.3 Å². The predicted octanol–water partition coefficient (Wildman–Crippen LogP) is 6.70. The maximum absolute atomic E-state index is 12.9. The van der Waals surface area contributed by atoms with Gasteiger partial charge in [0.15, 0.2) is 0 Å². The van der Waals surface area contributed by atoms with Crippen LogP contribution in [0.15, 0.2) is 70.8 Å². The first-order chi connectivity index (χ1) is 14.1. The highest BCUT2D eigenvalue weighted by atomic mass is 35.5. The Balaban J connectivity index is 1.58. The van der Waals surface area contributed by atoms with Crippen molar-refractivity contribution in [2.45, 2.75) is 6.42 Å². The summed E-state index contributed by atoms with van der Waals surface area (Å²) in [7, 11) is 0. The molecule has 5 aromatic rings. The average Bonchev–Trinajstić information content (AvgIpc) is 3.14. The van der Waals surface area contributed by atoms with Gasteiger partial charge < -0.3 is 4.98 Å². The molecule has 0 bridgehead atoms. The van der Waals surface area contributed by atoms with Crippen LogP contribution in [0.3, 0.4) is 0 Å². The van der Waals surface area contributed by atoms with Gasteiger partial charge in [-0.25, -0.2) is 4.98 Å². The van der Waals surface area contributed by atoms with Crippen molar-refractivity contribution in [3.05, 3.63) is 97.8 Å². The summed E-state index contributed by atoms with van der Waals surface area (Å²) in [6.45, 7) is 0. The molecule has 0 unspecified atom stereocenters. The highest BCUT2D eigenvalue weighted by molar-refractivity contribution is 7.17. The second-order valence-corrected chi connectivity index (χ2v) is 8.52. The zero-order valence-electron chi connectivity index (χ0n) is 15.1. The molecule has 142 valence electrons. The summed E-state index contributed by atoms with van der Waals surface area (Å²) >= 11 is 13.7. The molecule has 0 aliphatic heterocycles. The first-order valence-electron chi connectivity index (χ1n) is 9.02. The molecule has 0 fully saturated rings. The minimum atomic E-state index is -0.139. The Kier molecular flexibility index (Phi) is 4.63. The van der Waals surface area contributed by atoms with Gasteiger partial charge in [0, 0.05) is 27.4 Å². The Morgan fingerprint density at radius 3 is 2.62 bits per heavy atom. The summed E-state index contributed by atoms with van der Waals surface area (Å²) in [5, 5.41) is 6.07. The second-order valence-electron chi connectivity index (χ2n) is 6.82. The number of halogens is 2. The monoisotopic (exact) mass is 436 g/mol. The first kappa shape index (κ1) is 18.4.